The first-order valence-electron chi connectivity index (χ1n) is 5.17. The van der Waals surface area contributed by atoms with Gasteiger partial charge in [0.05, 0.1) is 0 Å². The van der Waals surface area contributed by atoms with Crippen LogP contribution in [-0.4, -0.2) is 12.1 Å². The summed E-state index contributed by atoms with van der Waals surface area (Å²) in [6.07, 6.45) is 6.35. The zero-order valence-corrected chi connectivity index (χ0v) is 9.43. The molecule has 0 saturated carbocycles. The van der Waals surface area contributed by atoms with Crippen LogP contribution in [0.3, 0.4) is 0 Å². The molecule has 1 atom stereocenters. The van der Waals surface area contributed by atoms with Crippen molar-refractivity contribution >= 4 is 0 Å². The van der Waals surface area contributed by atoms with Gasteiger partial charge in [0, 0.05) is 12.1 Å². The molecule has 1 N–H and O–H groups in total. The monoisotopic (exact) mass is 181 g/mol. The molecule has 0 spiro atoms. The Labute approximate surface area is 82.9 Å². The van der Waals surface area contributed by atoms with Crippen LogP contribution in [0.4, 0.5) is 0 Å². The van der Waals surface area contributed by atoms with Crippen molar-refractivity contribution in [2.45, 2.75) is 52.6 Å². The molecule has 0 amide bonds. The molecule has 1 unspecified atom stereocenters. The van der Waals surface area contributed by atoms with E-state index < -0.39 is 0 Å². The standard InChI is InChI=1S/C12H23N/c1-6-11(7-2)9-12(8-3)13-10(4)5/h6-7,10,12-13H,1,8-9H2,2-5H3/b11-7+. The molecule has 1 heteroatoms. The fraction of sp³-hybridized carbons (Fsp3) is 0.667. The normalized spacial score (nSPS) is 14.7. The Morgan fingerprint density at radius 1 is 1.46 bits per heavy atom. The topological polar surface area (TPSA) is 12.0 Å². The van der Waals surface area contributed by atoms with Crippen LogP contribution < -0.4 is 5.32 Å². The third-order valence-electron chi connectivity index (χ3n) is 2.18. The molecule has 0 heterocycles. The summed E-state index contributed by atoms with van der Waals surface area (Å²) in [5, 5.41) is 3.54. The van der Waals surface area contributed by atoms with Crippen molar-refractivity contribution in [2.75, 3.05) is 0 Å². The smallest absolute Gasteiger partial charge is 0.0107 e. The molecule has 0 rings (SSSR count). The van der Waals surface area contributed by atoms with Crippen molar-refractivity contribution < 1.29 is 0 Å². The van der Waals surface area contributed by atoms with E-state index in [-0.39, 0.29) is 0 Å². The Morgan fingerprint density at radius 2 is 2.08 bits per heavy atom. The maximum Gasteiger partial charge on any atom is 0.0107 e. The molecule has 0 aromatic carbocycles. The molecule has 76 valence electrons. The molecule has 0 fully saturated rings. The number of rotatable bonds is 6. The van der Waals surface area contributed by atoms with Gasteiger partial charge in [0.15, 0.2) is 0 Å². The molecular weight excluding hydrogens is 158 g/mol. The average molecular weight is 181 g/mol. The fourth-order valence-electron chi connectivity index (χ4n) is 1.40. The van der Waals surface area contributed by atoms with E-state index in [1.165, 1.54) is 12.0 Å². The minimum atomic E-state index is 0.563. The van der Waals surface area contributed by atoms with Gasteiger partial charge in [-0.3, -0.25) is 0 Å². The highest BCUT2D eigenvalue weighted by Gasteiger charge is 2.07. The highest BCUT2D eigenvalue weighted by atomic mass is 14.9. The predicted molar refractivity (Wildman–Crippen MR) is 60.9 cm³/mol. The fourth-order valence-corrected chi connectivity index (χ4v) is 1.40. The summed E-state index contributed by atoms with van der Waals surface area (Å²) < 4.78 is 0. The van der Waals surface area contributed by atoms with Crippen molar-refractivity contribution in [1.29, 1.82) is 0 Å². The third-order valence-corrected chi connectivity index (χ3v) is 2.18. The molecule has 0 aliphatic carbocycles. The number of allylic oxidation sites excluding steroid dienone is 2. The van der Waals surface area contributed by atoms with E-state index in [1.54, 1.807) is 0 Å². The molecule has 13 heavy (non-hydrogen) atoms. The van der Waals surface area contributed by atoms with Crippen LogP contribution in [0.5, 0.6) is 0 Å². The Kier molecular flexibility index (Phi) is 6.61. The van der Waals surface area contributed by atoms with Gasteiger partial charge in [0.25, 0.3) is 0 Å². The lowest BCUT2D eigenvalue weighted by atomic mass is 10.0. The van der Waals surface area contributed by atoms with Crippen molar-refractivity contribution in [3.05, 3.63) is 24.3 Å². The molecule has 0 aromatic heterocycles. The number of hydrogen-bond acceptors (Lipinski definition) is 1. The third kappa shape index (κ3) is 5.64. The number of hydrogen-bond donors (Lipinski definition) is 1. The molecule has 0 bridgehead atoms. The molecule has 1 nitrogen and oxygen atoms in total. The minimum absolute atomic E-state index is 0.563. The second-order valence-corrected chi connectivity index (χ2v) is 3.70. The SMILES string of the molecule is C=C/C(=C\C)CC(CC)NC(C)C. The molecule has 0 saturated heterocycles. The first kappa shape index (κ1) is 12.4. The lowest BCUT2D eigenvalue weighted by Gasteiger charge is -2.20. The molecular formula is C12H23N. The summed E-state index contributed by atoms with van der Waals surface area (Å²) in [5.41, 5.74) is 1.33. The van der Waals surface area contributed by atoms with E-state index in [1.807, 2.05) is 6.08 Å². The summed E-state index contributed by atoms with van der Waals surface area (Å²) in [6.45, 7) is 12.5. The maximum absolute atomic E-state index is 3.80. The summed E-state index contributed by atoms with van der Waals surface area (Å²) in [4.78, 5) is 0. The molecule has 0 aliphatic heterocycles. The van der Waals surface area contributed by atoms with Gasteiger partial charge in [-0.2, -0.15) is 0 Å². The molecule has 0 aliphatic rings. The maximum atomic E-state index is 3.80. The van der Waals surface area contributed by atoms with Crippen molar-refractivity contribution in [2.24, 2.45) is 0 Å². The van der Waals surface area contributed by atoms with Crippen LogP contribution in [0.2, 0.25) is 0 Å². The first-order valence-corrected chi connectivity index (χ1v) is 5.17. The largest absolute Gasteiger partial charge is 0.311 e. The zero-order valence-electron chi connectivity index (χ0n) is 9.43. The van der Waals surface area contributed by atoms with Gasteiger partial charge in [-0.25, -0.2) is 0 Å². The van der Waals surface area contributed by atoms with Crippen molar-refractivity contribution in [3.63, 3.8) is 0 Å². The average Bonchev–Trinajstić information content (AvgIpc) is 2.11. The van der Waals surface area contributed by atoms with Gasteiger partial charge in [0.1, 0.15) is 0 Å². The second-order valence-electron chi connectivity index (χ2n) is 3.70. The van der Waals surface area contributed by atoms with Crippen LogP contribution in [0.25, 0.3) is 0 Å². The van der Waals surface area contributed by atoms with Gasteiger partial charge in [0.2, 0.25) is 0 Å². The van der Waals surface area contributed by atoms with E-state index in [0.29, 0.717) is 12.1 Å². The second kappa shape index (κ2) is 6.90. The van der Waals surface area contributed by atoms with Crippen molar-refractivity contribution in [3.8, 4) is 0 Å². The van der Waals surface area contributed by atoms with Crippen LogP contribution >= 0.6 is 0 Å². The Bertz CT molecular complexity index is 168. The van der Waals surface area contributed by atoms with Gasteiger partial charge in [-0.15, -0.1) is 0 Å². The highest BCUT2D eigenvalue weighted by molar-refractivity contribution is 5.16. The van der Waals surface area contributed by atoms with Gasteiger partial charge in [-0.05, 0) is 19.8 Å². The summed E-state index contributed by atoms with van der Waals surface area (Å²) in [5.74, 6) is 0. The predicted octanol–water partition coefficient (Wildman–Crippen LogP) is 3.29. The van der Waals surface area contributed by atoms with Crippen LogP contribution in [0.1, 0.15) is 40.5 Å². The zero-order chi connectivity index (χ0) is 10.3. The lowest BCUT2D eigenvalue weighted by molar-refractivity contribution is 0.450. The lowest BCUT2D eigenvalue weighted by Crippen LogP contribution is -2.34. The van der Waals surface area contributed by atoms with Crippen LogP contribution in [-0.2, 0) is 0 Å². The Balaban J connectivity index is 4.03. The molecule has 0 aromatic rings. The quantitative estimate of drug-likeness (QED) is 0.620. The summed E-state index contributed by atoms with van der Waals surface area (Å²) in [7, 11) is 0. The van der Waals surface area contributed by atoms with E-state index in [4.69, 9.17) is 0 Å². The van der Waals surface area contributed by atoms with E-state index in [9.17, 15) is 0 Å². The molecule has 0 radical (unpaired) electrons. The summed E-state index contributed by atoms with van der Waals surface area (Å²) >= 11 is 0. The minimum Gasteiger partial charge on any atom is -0.311 e. The van der Waals surface area contributed by atoms with E-state index >= 15 is 0 Å². The first-order chi connectivity index (χ1) is 6.13. The van der Waals surface area contributed by atoms with Gasteiger partial charge < -0.3 is 5.32 Å². The highest BCUT2D eigenvalue weighted by Crippen LogP contribution is 2.09. The van der Waals surface area contributed by atoms with Gasteiger partial charge >= 0.3 is 0 Å². The van der Waals surface area contributed by atoms with E-state index in [2.05, 4.69) is 45.7 Å². The van der Waals surface area contributed by atoms with Crippen LogP contribution in [0, 0.1) is 0 Å². The van der Waals surface area contributed by atoms with E-state index in [0.717, 1.165) is 6.42 Å². The summed E-state index contributed by atoms with van der Waals surface area (Å²) in [6, 6.07) is 1.15. The van der Waals surface area contributed by atoms with Crippen molar-refractivity contribution in [1.82, 2.24) is 5.32 Å². The Hall–Kier alpha value is -0.560. The Morgan fingerprint density at radius 3 is 2.38 bits per heavy atom. The van der Waals surface area contributed by atoms with Gasteiger partial charge in [-0.1, -0.05) is 45.1 Å². The van der Waals surface area contributed by atoms with Crippen LogP contribution in [0.15, 0.2) is 24.3 Å². The number of nitrogens with one attached hydrogen (secondary N) is 1.